The Morgan fingerprint density at radius 2 is 2.21 bits per heavy atom. The summed E-state index contributed by atoms with van der Waals surface area (Å²) in [5.74, 6) is -0.111. The molecule has 102 valence electrons. The summed E-state index contributed by atoms with van der Waals surface area (Å²) in [5, 5.41) is 3.89. The van der Waals surface area contributed by atoms with E-state index < -0.39 is 0 Å². The lowest BCUT2D eigenvalue weighted by molar-refractivity contribution is -0.233. The van der Waals surface area contributed by atoms with Crippen LogP contribution in [0.4, 0.5) is 5.69 Å². The van der Waals surface area contributed by atoms with Gasteiger partial charge >= 0.3 is 0 Å². The fourth-order valence-electron chi connectivity index (χ4n) is 3.11. The first-order valence-corrected chi connectivity index (χ1v) is 7.41. The largest absolute Gasteiger partial charge is 0.397 e. The van der Waals surface area contributed by atoms with Gasteiger partial charge in [-0.1, -0.05) is 0 Å². The highest BCUT2D eigenvalue weighted by atomic mass is 32.2. The Morgan fingerprint density at radius 3 is 2.79 bits per heavy atom. The molecule has 3 fully saturated rings. The molecule has 1 amide bonds. The molecule has 0 aliphatic heterocycles. The van der Waals surface area contributed by atoms with Crippen molar-refractivity contribution in [3.8, 4) is 0 Å². The monoisotopic (exact) mass is 279 g/mol. The minimum absolute atomic E-state index is 0.0293. The Morgan fingerprint density at radius 1 is 1.53 bits per heavy atom. The minimum atomic E-state index is -0.111. The predicted octanol–water partition coefficient (Wildman–Crippen LogP) is 1.44. The third kappa shape index (κ3) is 1.90. The Labute approximate surface area is 116 Å². The van der Waals surface area contributed by atoms with Crippen molar-refractivity contribution in [2.24, 2.45) is 0 Å². The standard InChI is InChI=1S/C13H17N3O2S/c1-18-13-5-12(6-13,7-13)16-11(17)8-3-10(19-2)15-4-9(8)14/h3-4H,5-7,14H2,1-2H3,(H,16,17). The van der Waals surface area contributed by atoms with E-state index in [0.29, 0.717) is 11.3 Å². The average molecular weight is 279 g/mol. The lowest BCUT2D eigenvalue weighted by Crippen LogP contribution is -2.79. The minimum Gasteiger partial charge on any atom is -0.397 e. The molecule has 6 heteroatoms. The number of nitrogen functional groups attached to an aromatic ring is 1. The molecule has 5 nitrogen and oxygen atoms in total. The first-order valence-electron chi connectivity index (χ1n) is 6.19. The van der Waals surface area contributed by atoms with Gasteiger partial charge in [-0.05, 0) is 31.6 Å². The topological polar surface area (TPSA) is 77.2 Å². The van der Waals surface area contributed by atoms with Crippen LogP contribution in [0.25, 0.3) is 0 Å². The van der Waals surface area contributed by atoms with Gasteiger partial charge in [0.05, 0.1) is 28.1 Å². The SMILES string of the molecule is COC12CC(NC(=O)c3cc(SC)ncc3N)(C1)C2. The zero-order valence-corrected chi connectivity index (χ0v) is 11.8. The predicted molar refractivity (Wildman–Crippen MR) is 74.2 cm³/mol. The number of hydrogen-bond acceptors (Lipinski definition) is 5. The fraction of sp³-hybridized carbons (Fsp3) is 0.538. The van der Waals surface area contributed by atoms with E-state index >= 15 is 0 Å². The van der Waals surface area contributed by atoms with Crippen LogP contribution in [0.2, 0.25) is 0 Å². The van der Waals surface area contributed by atoms with Gasteiger partial charge in [0, 0.05) is 12.6 Å². The van der Waals surface area contributed by atoms with Crippen molar-refractivity contribution in [1.82, 2.24) is 10.3 Å². The second-order valence-electron chi connectivity index (χ2n) is 5.47. The summed E-state index contributed by atoms with van der Waals surface area (Å²) < 4.78 is 5.42. The molecule has 0 saturated heterocycles. The van der Waals surface area contributed by atoms with E-state index in [1.165, 1.54) is 11.8 Å². The summed E-state index contributed by atoms with van der Waals surface area (Å²) in [6.07, 6.45) is 6.18. The van der Waals surface area contributed by atoms with Gasteiger partial charge in [0.25, 0.3) is 5.91 Å². The smallest absolute Gasteiger partial charge is 0.253 e. The summed E-state index contributed by atoms with van der Waals surface area (Å²) in [5.41, 5.74) is 6.72. The molecule has 1 aromatic rings. The van der Waals surface area contributed by atoms with Crippen LogP contribution in [0, 0.1) is 0 Å². The number of nitrogens with one attached hydrogen (secondary N) is 1. The number of methoxy groups -OCH3 is 1. The highest BCUT2D eigenvalue weighted by Gasteiger charge is 2.69. The van der Waals surface area contributed by atoms with Gasteiger partial charge in [0.1, 0.15) is 0 Å². The number of nitrogens with two attached hydrogens (primary N) is 1. The zero-order chi connectivity index (χ0) is 13.7. The van der Waals surface area contributed by atoms with Crippen LogP contribution in [-0.2, 0) is 4.74 Å². The molecule has 3 aliphatic carbocycles. The van der Waals surface area contributed by atoms with Crippen molar-refractivity contribution in [3.05, 3.63) is 17.8 Å². The molecular formula is C13H17N3O2S. The first-order chi connectivity index (χ1) is 9.01. The molecule has 3 aliphatic rings. The Kier molecular flexibility index (Phi) is 2.76. The number of thioether (sulfide) groups is 1. The summed E-state index contributed by atoms with van der Waals surface area (Å²) in [6.45, 7) is 0. The highest BCUT2D eigenvalue weighted by molar-refractivity contribution is 7.98. The molecule has 2 bridgehead atoms. The molecule has 0 unspecified atom stereocenters. The van der Waals surface area contributed by atoms with Crippen LogP contribution in [-0.4, -0.2) is 35.4 Å². The number of pyridine rings is 1. The number of hydrogen-bond donors (Lipinski definition) is 2. The van der Waals surface area contributed by atoms with Crippen molar-refractivity contribution in [3.63, 3.8) is 0 Å². The van der Waals surface area contributed by atoms with Crippen LogP contribution in [0.15, 0.2) is 17.3 Å². The van der Waals surface area contributed by atoms with Gasteiger partial charge in [-0.15, -0.1) is 11.8 Å². The maximum absolute atomic E-state index is 12.3. The summed E-state index contributed by atoms with van der Waals surface area (Å²) >= 11 is 1.49. The van der Waals surface area contributed by atoms with Gasteiger partial charge in [-0.2, -0.15) is 0 Å². The van der Waals surface area contributed by atoms with Gasteiger partial charge < -0.3 is 15.8 Å². The van der Waals surface area contributed by atoms with E-state index in [0.717, 1.165) is 24.3 Å². The van der Waals surface area contributed by atoms with E-state index in [1.807, 2.05) is 6.26 Å². The molecule has 0 atom stereocenters. The first kappa shape index (κ1) is 12.7. The van der Waals surface area contributed by atoms with Crippen LogP contribution in [0.1, 0.15) is 29.6 Å². The summed E-state index contributed by atoms with van der Waals surface area (Å²) in [4.78, 5) is 16.4. The van der Waals surface area contributed by atoms with Crippen LogP contribution in [0.5, 0.6) is 0 Å². The lowest BCUT2D eigenvalue weighted by Gasteiger charge is -2.69. The number of aromatic nitrogens is 1. The molecule has 0 aromatic carbocycles. The number of anilines is 1. The van der Waals surface area contributed by atoms with Gasteiger partial charge in [0.15, 0.2) is 0 Å². The maximum Gasteiger partial charge on any atom is 0.253 e. The van der Waals surface area contributed by atoms with Crippen molar-refractivity contribution < 1.29 is 9.53 Å². The van der Waals surface area contributed by atoms with E-state index in [9.17, 15) is 4.79 Å². The Hall–Kier alpha value is -1.27. The second-order valence-corrected chi connectivity index (χ2v) is 6.29. The maximum atomic E-state index is 12.3. The van der Waals surface area contributed by atoms with Crippen molar-refractivity contribution >= 4 is 23.4 Å². The van der Waals surface area contributed by atoms with E-state index in [2.05, 4.69) is 10.3 Å². The quantitative estimate of drug-likeness (QED) is 0.815. The number of rotatable bonds is 4. The molecule has 1 heterocycles. The molecular weight excluding hydrogens is 262 g/mol. The molecule has 0 radical (unpaired) electrons. The normalized spacial score (nSPS) is 31.3. The van der Waals surface area contributed by atoms with E-state index in [-0.39, 0.29) is 17.0 Å². The molecule has 1 aromatic heterocycles. The zero-order valence-electron chi connectivity index (χ0n) is 11.0. The van der Waals surface area contributed by atoms with Crippen molar-refractivity contribution in [2.75, 3.05) is 19.1 Å². The summed E-state index contributed by atoms with van der Waals surface area (Å²) in [7, 11) is 1.73. The van der Waals surface area contributed by atoms with Gasteiger partial charge in [-0.3, -0.25) is 4.79 Å². The number of carbonyl (C=O) groups is 1. The molecule has 4 rings (SSSR count). The van der Waals surface area contributed by atoms with Crippen LogP contribution < -0.4 is 11.1 Å². The second kappa shape index (κ2) is 4.11. The average Bonchev–Trinajstić information content (AvgIpc) is 2.32. The molecule has 0 spiro atoms. The van der Waals surface area contributed by atoms with Crippen LogP contribution in [0.3, 0.4) is 0 Å². The van der Waals surface area contributed by atoms with Crippen molar-refractivity contribution in [2.45, 2.75) is 35.4 Å². The molecule has 19 heavy (non-hydrogen) atoms. The number of carbonyl (C=O) groups excluding carboxylic acids is 1. The highest BCUT2D eigenvalue weighted by Crippen LogP contribution is 2.62. The number of nitrogens with zero attached hydrogens (tertiary/aromatic N) is 1. The van der Waals surface area contributed by atoms with E-state index in [4.69, 9.17) is 10.5 Å². The molecule has 3 N–H and O–H groups in total. The lowest BCUT2D eigenvalue weighted by atomic mass is 9.46. The number of ether oxygens (including phenoxy) is 1. The van der Waals surface area contributed by atoms with Gasteiger partial charge in [-0.25, -0.2) is 4.98 Å². The third-order valence-corrected chi connectivity index (χ3v) is 4.80. The third-order valence-electron chi connectivity index (χ3n) is 4.16. The molecule has 3 saturated carbocycles. The number of amides is 1. The fourth-order valence-corrected chi connectivity index (χ4v) is 3.50. The van der Waals surface area contributed by atoms with Crippen LogP contribution >= 0.6 is 11.8 Å². The summed E-state index contributed by atoms with van der Waals surface area (Å²) in [6, 6.07) is 1.74. The van der Waals surface area contributed by atoms with E-state index in [1.54, 1.807) is 19.4 Å². The van der Waals surface area contributed by atoms with Gasteiger partial charge in [0.2, 0.25) is 0 Å². The Balaban J connectivity index is 1.72. The van der Waals surface area contributed by atoms with Crippen molar-refractivity contribution in [1.29, 1.82) is 0 Å². The Bertz CT molecular complexity index is 527.